The fourth-order valence-electron chi connectivity index (χ4n) is 4.19. The van der Waals surface area contributed by atoms with Crippen LogP contribution in [0.2, 0.25) is 0 Å². The number of alkyl halides is 3. The molecule has 34 heavy (non-hydrogen) atoms. The van der Waals surface area contributed by atoms with E-state index in [1.54, 1.807) is 16.8 Å². The molecular formula is C25H23ClF3N3O2. The van der Waals surface area contributed by atoms with Gasteiger partial charge in [-0.2, -0.15) is 13.2 Å². The quantitative estimate of drug-likeness (QED) is 0.441. The van der Waals surface area contributed by atoms with Crippen LogP contribution in [0, 0.1) is 0 Å². The molecule has 2 aromatic heterocycles. The minimum atomic E-state index is -4.37. The molecule has 0 radical (unpaired) electrons. The van der Waals surface area contributed by atoms with Gasteiger partial charge in [0, 0.05) is 60.6 Å². The first kappa shape index (κ1) is 23.9. The van der Waals surface area contributed by atoms with Crippen LogP contribution in [0.15, 0.2) is 71.7 Å². The summed E-state index contributed by atoms with van der Waals surface area (Å²) in [5, 5.41) is 4.50. The molecule has 0 bridgehead atoms. The molecule has 5 rings (SSSR count). The van der Waals surface area contributed by atoms with Crippen molar-refractivity contribution in [2.75, 3.05) is 13.1 Å². The van der Waals surface area contributed by atoms with Gasteiger partial charge in [-0.25, -0.2) is 0 Å². The third kappa shape index (κ3) is 4.83. The number of pyridine rings is 1. The predicted octanol–water partition coefficient (Wildman–Crippen LogP) is 4.96. The first-order valence-corrected chi connectivity index (χ1v) is 10.7. The summed E-state index contributed by atoms with van der Waals surface area (Å²) in [6.45, 7) is 2.88. The lowest BCUT2D eigenvalue weighted by Gasteiger charge is -2.11. The van der Waals surface area contributed by atoms with Crippen molar-refractivity contribution in [1.82, 2.24) is 14.5 Å². The zero-order valence-corrected chi connectivity index (χ0v) is 19.0. The van der Waals surface area contributed by atoms with Crippen LogP contribution in [0.3, 0.4) is 0 Å². The van der Waals surface area contributed by atoms with Crippen molar-refractivity contribution in [3.8, 4) is 11.4 Å². The number of fused-ring (bicyclic) bond motifs is 3. The number of ether oxygens (including phenoxy) is 1. The lowest BCUT2D eigenvalue weighted by atomic mass is 10.1. The molecule has 2 aromatic carbocycles. The summed E-state index contributed by atoms with van der Waals surface area (Å²) in [5.41, 5.74) is 2.84. The van der Waals surface area contributed by atoms with Crippen LogP contribution in [0.1, 0.15) is 16.8 Å². The first-order chi connectivity index (χ1) is 15.9. The Labute approximate surface area is 200 Å². The molecule has 1 aliphatic rings. The number of halogens is 4. The van der Waals surface area contributed by atoms with Crippen LogP contribution < -0.4 is 15.6 Å². The Morgan fingerprint density at radius 1 is 0.971 bits per heavy atom. The summed E-state index contributed by atoms with van der Waals surface area (Å²) in [4.78, 5) is 12.7. The molecular weight excluding hydrogens is 467 g/mol. The maximum Gasteiger partial charge on any atom is 0.416 e. The van der Waals surface area contributed by atoms with Crippen molar-refractivity contribution in [2.45, 2.75) is 25.7 Å². The Hall–Kier alpha value is -3.23. The van der Waals surface area contributed by atoms with Gasteiger partial charge in [-0.3, -0.25) is 9.36 Å². The van der Waals surface area contributed by atoms with E-state index in [4.69, 9.17) is 4.74 Å². The summed E-state index contributed by atoms with van der Waals surface area (Å²) in [6.07, 6.45) is -1.75. The topological polar surface area (TPSA) is 48.2 Å². The maximum absolute atomic E-state index is 12.7. The van der Waals surface area contributed by atoms with E-state index < -0.39 is 11.7 Å². The van der Waals surface area contributed by atoms with Gasteiger partial charge in [-0.15, -0.1) is 12.4 Å². The van der Waals surface area contributed by atoms with Crippen molar-refractivity contribution in [2.24, 2.45) is 0 Å². The van der Waals surface area contributed by atoms with Gasteiger partial charge in [0.2, 0.25) is 0 Å². The van der Waals surface area contributed by atoms with Gasteiger partial charge in [0.1, 0.15) is 12.4 Å². The minimum absolute atomic E-state index is 0. The second-order valence-electron chi connectivity index (χ2n) is 8.08. The molecule has 0 saturated heterocycles. The standard InChI is InChI=1S/C25H22F3N3O2.ClH/c26-25(27,28)19-3-1-17(2-4-19)16-33-22-8-11-31(24(32)15-22)20-5-6-23-18(13-20)14-21-7-9-29-10-12-30(21)23;/h1-6,8,11,13-15,29H,7,9-10,12,16H2;1H. The maximum atomic E-state index is 12.7. The molecule has 4 aromatic rings. The average molecular weight is 490 g/mol. The van der Waals surface area contributed by atoms with Gasteiger partial charge in [0.15, 0.2) is 0 Å². The zero-order chi connectivity index (χ0) is 23.0. The molecule has 1 N–H and O–H groups in total. The highest BCUT2D eigenvalue weighted by molar-refractivity contribution is 5.85. The van der Waals surface area contributed by atoms with Crippen LogP contribution in [-0.2, 0) is 25.7 Å². The highest BCUT2D eigenvalue weighted by Gasteiger charge is 2.29. The fourth-order valence-corrected chi connectivity index (χ4v) is 4.19. The lowest BCUT2D eigenvalue weighted by Crippen LogP contribution is -2.17. The Balaban J connectivity index is 0.00000274. The van der Waals surface area contributed by atoms with Gasteiger partial charge in [0.05, 0.1) is 5.56 Å². The highest BCUT2D eigenvalue weighted by Crippen LogP contribution is 2.29. The molecule has 1 aliphatic heterocycles. The van der Waals surface area contributed by atoms with Gasteiger partial charge in [-0.05, 0) is 48.0 Å². The largest absolute Gasteiger partial charge is 0.489 e. The number of aromatic nitrogens is 2. The molecule has 0 amide bonds. The van der Waals surface area contributed by atoms with Crippen LogP contribution in [0.4, 0.5) is 13.2 Å². The summed E-state index contributed by atoms with van der Waals surface area (Å²) in [6, 6.07) is 16.0. The summed E-state index contributed by atoms with van der Waals surface area (Å²) < 4.78 is 47.5. The Kier molecular flexibility index (Phi) is 6.72. The molecule has 178 valence electrons. The SMILES string of the molecule is Cl.O=c1cc(OCc2ccc(C(F)(F)F)cc2)ccn1-c1ccc2c(c1)cc1n2CCNCC1. The van der Waals surface area contributed by atoms with E-state index in [1.165, 1.54) is 23.9 Å². The smallest absolute Gasteiger partial charge is 0.416 e. The van der Waals surface area contributed by atoms with Crippen LogP contribution in [0.5, 0.6) is 5.75 Å². The van der Waals surface area contributed by atoms with Crippen molar-refractivity contribution in [3.63, 3.8) is 0 Å². The second kappa shape index (κ2) is 9.56. The van der Waals surface area contributed by atoms with Crippen molar-refractivity contribution >= 4 is 23.3 Å². The average Bonchev–Trinajstić information content (AvgIpc) is 2.97. The highest BCUT2D eigenvalue weighted by atomic mass is 35.5. The van der Waals surface area contributed by atoms with Gasteiger partial charge >= 0.3 is 6.18 Å². The van der Waals surface area contributed by atoms with Crippen LogP contribution in [-0.4, -0.2) is 22.2 Å². The minimum Gasteiger partial charge on any atom is -0.489 e. The summed E-state index contributed by atoms with van der Waals surface area (Å²) in [7, 11) is 0. The number of nitrogens with one attached hydrogen (secondary N) is 1. The summed E-state index contributed by atoms with van der Waals surface area (Å²) >= 11 is 0. The first-order valence-electron chi connectivity index (χ1n) is 10.7. The van der Waals surface area contributed by atoms with Crippen molar-refractivity contribution < 1.29 is 17.9 Å². The molecule has 0 spiro atoms. The Morgan fingerprint density at radius 3 is 2.50 bits per heavy atom. The zero-order valence-electron chi connectivity index (χ0n) is 18.1. The number of benzene rings is 2. The Morgan fingerprint density at radius 2 is 1.76 bits per heavy atom. The number of hydrogen-bond donors (Lipinski definition) is 1. The predicted molar refractivity (Wildman–Crippen MR) is 127 cm³/mol. The second-order valence-corrected chi connectivity index (χ2v) is 8.08. The molecule has 9 heteroatoms. The number of rotatable bonds is 4. The van der Waals surface area contributed by atoms with Gasteiger partial charge < -0.3 is 14.6 Å². The van der Waals surface area contributed by atoms with Gasteiger partial charge in [0.25, 0.3) is 5.56 Å². The Bertz CT molecular complexity index is 1360. The molecule has 3 heterocycles. The van der Waals surface area contributed by atoms with E-state index in [0.717, 1.165) is 54.8 Å². The van der Waals surface area contributed by atoms with Crippen molar-refractivity contribution in [3.05, 3.63) is 94.0 Å². The normalized spacial score (nSPS) is 13.7. The molecule has 0 unspecified atom stereocenters. The molecule has 0 atom stereocenters. The molecule has 5 nitrogen and oxygen atoms in total. The van der Waals surface area contributed by atoms with E-state index in [1.807, 2.05) is 18.2 Å². The molecule has 0 fully saturated rings. The fraction of sp³-hybridized carbons (Fsp3) is 0.240. The van der Waals surface area contributed by atoms with Crippen molar-refractivity contribution in [1.29, 1.82) is 0 Å². The lowest BCUT2D eigenvalue weighted by molar-refractivity contribution is -0.137. The van der Waals surface area contributed by atoms with E-state index >= 15 is 0 Å². The monoisotopic (exact) mass is 489 g/mol. The molecule has 0 saturated carbocycles. The molecule has 0 aliphatic carbocycles. The third-order valence-corrected chi connectivity index (χ3v) is 5.90. The number of nitrogens with zero attached hydrogens (tertiary/aromatic N) is 2. The van der Waals surface area contributed by atoms with Gasteiger partial charge in [-0.1, -0.05) is 12.1 Å². The third-order valence-electron chi connectivity index (χ3n) is 5.90. The number of hydrogen-bond acceptors (Lipinski definition) is 3. The van der Waals surface area contributed by atoms with E-state index in [2.05, 4.69) is 16.0 Å². The van der Waals surface area contributed by atoms with Crippen LogP contribution >= 0.6 is 12.4 Å². The van der Waals surface area contributed by atoms with E-state index in [9.17, 15) is 18.0 Å². The van der Waals surface area contributed by atoms with Crippen LogP contribution in [0.25, 0.3) is 16.6 Å². The summed E-state index contributed by atoms with van der Waals surface area (Å²) in [5.74, 6) is 0.361. The van der Waals surface area contributed by atoms with E-state index in [-0.39, 0.29) is 24.6 Å². The van der Waals surface area contributed by atoms with E-state index in [0.29, 0.717) is 11.3 Å².